The van der Waals surface area contributed by atoms with Crippen molar-refractivity contribution in [3.63, 3.8) is 0 Å². The molecular weight excluding hydrogens is 214 g/mol. The minimum atomic E-state index is 0.458. The summed E-state index contributed by atoms with van der Waals surface area (Å²) < 4.78 is 1.76. The Labute approximate surface area is 96.9 Å². The summed E-state index contributed by atoms with van der Waals surface area (Å²) >= 11 is 0. The lowest BCUT2D eigenvalue weighted by Gasteiger charge is -2.04. The number of fused-ring (bicyclic) bond motifs is 1. The van der Waals surface area contributed by atoms with E-state index >= 15 is 0 Å². The van der Waals surface area contributed by atoms with E-state index in [1.165, 1.54) is 0 Å². The van der Waals surface area contributed by atoms with E-state index in [0.717, 1.165) is 5.39 Å². The molecule has 0 spiro atoms. The minimum absolute atomic E-state index is 0.458. The Morgan fingerprint density at radius 3 is 2.71 bits per heavy atom. The Morgan fingerprint density at radius 1 is 1.06 bits per heavy atom. The average Bonchev–Trinajstić information content (AvgIpc) is 2.39. The predicted octanol–water partition coefficient (Wildman–Crippen LogP) is 1.29. The van der Waals surface area contributed by atoms with Crippen LogP contribution in [0, 0.1) is 5.41 Å². The maximum Gasteiger partial charge on any atom is 0.235 e. The molecule has 82 valence electrons. The number of hydrogen-bond donors (Lipinski definition) is 1. The fourth-order valence-corrected chi connectivity index (χ4v) is 1.54. The van der Waals surface area contributed by atoms with Crippen LogP contribution in [0.4, 0.5) is 0 Å². The van der Waals surface area contributed by atoms with Crippen molar-refractivity contribution in [3.8, 4) is 5.95 Å². The smallest absolute Gasteiger partial charge is 0.235 e. The third-order valence-electron chi connectivity index (χ3n) is 2.40. The molecule has 0 atom stereocenters. The van der Waals surface area contributed by atoms with Gasteiger partial charge in [-0.2, -0.15) is 4.98 Å². The molecule has 1 N–H and O–H groups in total. The van der Waals surface area contributed by atoms with Crippen molar-refractivity contribution < 1.29 is 0 Å². The SMILES string of the molecule is N=c1ccn(-c2ncc3cccnc3n2)cc1. The molecule has 0 aromatic carbocycles. The Morgan fingerprint density at radius 2 is 1.88 bits per heavy atom. The van der Waals surface area contributed by atoms with Crippen LogP contribution in [0.2, 0.25) is 0 Å². The first kappa shape index (κ1) is 9.65. The molecular formula is C12H9N5. The zero-order valence-corrected chi connectivity index (χ0v) is 8.91. The van der Waals surface area contributed by atoms with Gasteiger partial charge in [0.1, 0.15) is 0 Å². The summed E-state index contributed by atoms with van der Waals surface area (Å²) in [6, 6.07) is 7.15. The molecule has 0 amide bonds. The van der Waals surface area contributed by atoms with Crippen molar-refractivity contribution in [2.75, 3.05) is 0 Å². The van der Waals surface area contributed by atoms with Crippen LogP contribution in [-0.2, 0) is 0 Å². The zero-order valence-electron chi connectivity index (χ0n) is 8.91. The van der Waals surface area contributed by atoms with Gasteiger partial charge in [0.15, 0.2) is 5.65 Å². The van der Waals surface area contributed by atoms with Gasteiger partial charge in [-0.25, -0.2) is 9.97 Å². The molecule has 0 saturated heterocycles. The van der Waals surface area contributed by atoms with Crippen molar-refractivity contribution in [1.82, 2.24) is 19.5 Å². The van der Waals surface area contributed by atoms with Crippen molar-refractivity contribution in [2.24, 2.45) is 0 Å². The molecule has 0 saturated carbocycles. The van der Waals surface area contributed by atoms with Crippen LogP contribution in [-0.4, -0.2) is 19.5 Å². The van der Waals surface area contributed by atoms with Crippen LogP contribution in [0.25, 0.3) is 17.0 Å². The second-order valence-corrected chi connectivity index (χ2v) is 3.58. The van der Waals surface area contributed by atoms with Crippen molar-refractivity contribution in [3.05, 3.63) is 54.4 Å². The fraction of sp³-hybridized carbons (Fsp3) is 0. The molecule has 0 unspecified atom stereocenters. The molecule has 0 fully saturated rings. The molecule has 0 bridgehead atoms. The summed E-state index contributed by atoms with van der Waals surface area (Å²) in [5.41, 5.74) is 0.667. The maximum atomic E-state index is 7.42. The highest BCUT2D eigenvalue weighted by Gasteiger charge is 2.00. The number of hydrogen-bond acceptors (Lipinski definition) is 4. The highest BCUT2D eigenvalue weighted by molar-refractivity contribution is 5.73. The first-order valence-corrected chi connectivity index (χ1v) is 5.14. The Hall–Kier alpha value is -2.56. The van der Waals surface area contributed by atoms with E-state index in [1.807, 2.05) is 12.1 Å². The van der Waals surface area contributed by atoms with Gasteiger partial charge in [0, 0.05) is 30.2 Å². The van der Waals surface area contributed by atoms with Crippen molar-refractivity contribution in [1.29, 1.82) is 5.41 Å². The molecule has 5 nitrogen and oxygen atoms in total. The molecule has 17 heavy (non-hydrogen) atoms. The van der Waals surface area contributed by atoms with Crippen LogP contribution in [0.15, 0.2) is 49.1 Å². The first-order valence-electron chi connectivity index (χ1n) is 5.14. The average molecular weight is 223 g/mol. The number of aromatic nitrogens is 4. The third kappa shape index (κ3) is 1.78. The van der Waals surface area contributed by atoms with E-state index < -0.39 is 0 Å². The van der Waals surface area contributed by atoms with Gasteiger partial charge >= 0.3 is 0 Å². The highest BCUT2D eigenvalue weighted by Crippen LogP contribution is 2.08. The topological polar surface area (TPSA) is 67.5 Å². The Bertz CT molecular complexity index is 712. The molecule has 0 aliphatic rings. The summed E-state index contributed by atoms with van der Waals surface area (Å²) in [7, 11) is 0. The van der Waals surface area contributed by atoms with Crippen molar-refractivity contribution in [2.45, 2.75) is 0 Å². The number of nitrogens with one attached hydrogen (secondary N) is 1. The summed E-state index contributed by atoms with van der Waals surface area (Å²) in [5, 5.41) is 8.79. The van der Waals surface area contributed by atoms with Gasteiger partial charge in [0.05, 0.1) is 5.36 Å². The van der Waals surface area contributed by atoms with Crippen LogP contribution >= 0.6 is 0 Å². The molecule has 0 aliphatic carbocycles. The van der Waals surface area contributed by atoms with Gasteiger partial charge < -0.3 is 5.41 Å². The summed E-state index contributed by atoms with van der Waals surface area (Å²) in [6.45, 7) is 0. The van der Waals surface area contributed by atoms with Crippen LogP contribution in [0.1, 0.15) is 0 Å². The van der Waals surface area contributed by atoms with Crippen LogP contribution in [0.5, 0.6) is 0 Å². The second-order valence-electron chi connectivity index (χ2n) is 3.58. The lowest BCUT2D eigenvalue weighted by Crippen LogP contribution is -2.05. The lowest BCUT2D eigenvalue weighted by atomic mass is 10.3. The van der Waals surface area contributed by atoms with Gasteiger partial charge in [0.2, 0.25) is 5.95 Å². The minimum Gasteiger partial charge on any atom is -0.301 e. The molecule has 5 heteroatoms. The molecule has 0 aliphatic heterocycles. The van der Waals surface area contributed by atoms with Gasteiger partial charge in [0.25, 0.3) is 0 Å². The lowest BCUT2D eigenvalue weighted by molar-refractivity contribution is 0.921. The molecule has 3 rings (SSSR count). The van der Waals surface area contributed by atoms with E-state index in [1.54, 1.807) is 41.5 Å². The van der Waals surface area contributed by atoms with E-state index in [2.05, 4.69) is 15.0 Å². The van der Waals surface area contributed by atoms with Gasteiger partial charge in [-0.15, -0.1) is 0 Å². The molecule has 3 aromatic heterocycles. The van der Waals surface area contributed by atoms with Gasteiger partial charge in [-0.3, -0.25) is 4.57 Å². The quantitative estimate of drug-likeness (QED) is 0.676. The molecule has 3 aromatic rings. The summed E-state index contributed by atoms with van der Waals surface area (Å²) in [4.78, 5) is 12.8. The van der Waals surface area contributed by atoms with E-state index in [9.17, 15) is 0 Å². The fourth-order valence-electron chi connectivity index (χ4n) is 1.54. The van der Waals surface area contributed by atoms with Crippen LogP contribution < -0.4 is 5.36 Å². The standard InChI is InChI=1S/C12H9N5/c13-10-3-6-17(7-4-10)12-15-8-9-2-1-5-14-11(9)16-12/h1-8,13H. The Balaban J connectivity index is 2.17. The number of rotatable bonds is 1. The first-order chi connectivity index (χ1) is 8.33. The normalized spacial score (nSPS) is 10.6. The second kappa shape index (κ2) is 3.79. The van der Waals surface area contributed by atoms with Gasteiger partial charge in [-0.1, -0.05) is 0 Å². The van der Waals surface area contributed by atoms with Crippen LogP contribution in [0.3, 0.4) is 0 Å². The zero-order chi connectivity index (χ0) is 11.7. The maximum absolute atomic E-state index is 7.42. The highest BCUT2D eigenvalue weighted by atomic mass is 15.1. The molecule has 0 radical (unpaired) electrons. The third-order valence-corrected chi connectivity index (χ3v) is 2.40. The van der Waals surface area contributed by atoms with E-state index in [0.29, 0.717) is 17.0 Å². The summed E-state index contributed by atoms with van der Waals surface area (Å²) in [6.07, 6.45) is 6.96. The van der Waals surface area contributed by atoms with Crippen molar-refractivity contribution >= 4 is 11.0 Å². The largest absolute Gasteiger partial charge is 0.301 e. The summed E-state index contributed by atoms with van der Waals surface area (Å²) in [5.74, 6) is 0.552. The number of nitrogens with zero attached hydrogens (tertiary/aromatic N) is 4. The molecule has 3 heterocycles. The Kier molecular flexibility index (Phi) is 2.15. The monoisotopic (exact) mass is 223 g/mol. The van der Waals surface area contributed by atoms with E-state index in [-0.39, 0.29) is 0 Å². The number of pyridine rings is 2. The van der Waals surface area contributed by atoms with E-state index in [4.69, 9.17) is 5.41 Å². The predicted molar refractivity (Wildman–Crippen MR) is 62.5 cm³/mol. The van der Waals surface area contributed by atoms with Gasteiger partial charge in [-0.05, 0) is 24.3 Å².